The van der Waals surface area contributed by atoms with E-state index in [4.69, 9.17) is 26.8 Å². The first kappa shape index (κ1) is 14.4. The minimum Gasteiger partial charge on any atom is -0.493 e. The fourth-order valence-corrected chi connectivity index (χ4v) is 2.27. The molecule has 0 aliphatic carbocycles. The van der Waals surface area contributed by atoms with E-state index in [1.807, 2.05) is 0 Å². The van der Waals surface area contributed by atoms with Gasteiger partial charge in [-0.15, -0.1) is 0 Å². The Balaban J connectivity index is 2.51. The van der Waals surface area contributed by atoms with Crippen molar-refractivity contribution in [2.24, 2.45) is 0 Å². The fourth-order valence-electron chi connectivity index (χ4n) is 1.93. The van der Waals surface area contributed by atoms with Crippen molar-refractivity contribution in [3.8, 4) is 11.5 Å². The van der Waals surface area contributed by atoms with Gasteiger partial charge in [0.15, 0.2) is 11.5 Å². The molecule has 106 valence electrons. The zero-order chi connectivity index (χ0) is 14.7. The van der Waals surface area contributed by atoms with Crippen LogP contribution in [0.4, 0.5) is 5.69 Å². The zero-order valence-corrected chi connectivity index (χ0v) is 11.9. The predicted molar refractivity (Wildman–Crippen MR) is 77.3 cm³/mol. The number of hydrogen-bond donors (Lipinski definition) is 2. The summed E-state index contributed by atoms with van der Waals surface area (Å²) >= 11 is 6.26. The Bertz CT molecular complexity index is 619. The van der Waals surface area contributed by atoms with E-state index in [2.05, 4.69) is 4.98 Å². The maximum atomic E-state index is 10.4. The lowest BCUT2D eigenvalue weighted by Crippen LogP contribution is -2.06. The number of hydrogen-bond acceptors (Lipinski definition) is 5. The Morgan fingerprint density at radius 3 is 2.55 bits per heavy atom. The highest BCUT2D eigenvalue weighted by molar-refractivity contribution is 6.33. The van der Waals surface area contributed by atoms with E-state index in [0.717, 1.165) is 0 Å². The summed E-state index contributed by atoms with van der Waals surface area (Å²) in [5.41, 5.74) is 7.24. The Morgan fingerprint density at radius 1 is 1.20 bits per heavy atom. The maximum absolute atomic E-state index is 10.4. The van der Waals surface area contributed by atoms with Crippen molar-refractivity contribution in [3.63, 3.8) is 0 Å². The summed E-state index contributed by atoms with van der Waals surface area (Å²) in [6.45, 7) is 0. The van der Waals surface area contributed by atoms with Gasteiger partial charge < -0.3 is 20.3 Å². The van der Waals surface area contributed by atoms with Gasteiger partial charge in [0.2, 0.25) is 0 Å². The number of nitrogens with zero attached hydrogens (tertiary/aromatic N) is 1. The van der Waals surface area contributed by atoms with Crippen LogP contribution in [-0.4, -0.2) is 24.3 Å². The Labute approximate surface area is 121 Å². The zero-order valence-electron chi connectivity index (χ0n) is 11.1. The third-order valence-electron chi connectivity index (χ3n) is 2.99. The smallest absolute Gasteiger partial charge is 0.179 e. The van der Waals surface area contributed by atoms with Gasteiger partial charge in [-0.25, -0.2) is 0 Å². The lowest BCUT2D eigenvalue weighted by atomic mass is 10.0. The molecule has 1 aromatic carbocycles. The van der Waals surface area contributed by atoms with Crippen molar-refractivity contribution in [2.75, 3.05) is 20.0 Å². The number of nitrogens with two attached hydrogens (primary N) is 1. The van der Waals surface area contributed by atoms with Gasteiger partial charge in [0, 0.05) is 29.2 Å². The summed E-state index contributed by atoms with van der Waals surface area (Å²) in [6.07, 6.45) is 2.07. The second-order valence-electron chi connectivity index (χ2n) is 4.11. The minimum atomic E-state index is -0.990. The Morgan fingerprint density at radius 2 is 1.95 bits per heavy atom. The van der Waals surface area contributed by atoms with Gasteiger partial charge in [0.1, 0.15) is 6.10 Å². The molecule has 0 bridgehead atoms. The highest BCUT2D eigenvalue weighted by Gasteiger charge is 2.21. The number of methoxy groups -OCH3 is 2. The molecule has 2 aromatic rings. The molecule has 0 saturated carbocycles. The first-order valence-electron chi connectivity index (χ1n) is 5.88. The van der Waals surface area contributed by atoms with E-state index in [9.17, 15) is 5.11 Å². The number of halogens is 1. The number of ether oxygens (including phenoxy) is 2. The molecule has 0 aliphatic heterocycles. The minimum absolute atomic E-state index is 0.280. The van der Waals surface area contributed by atoms with E-state index >= 15 is 0 Å². The number of benzene rings is 1. The van der Waals surface area contributed by atoms with Crippen molar-refractivity contribution in [2.45, 2.75) is 6.10 Å². The lowest BCUT2D eigenvalue weighted by molar-refractivity contribution is 0.220. The molecule has 1 unspecified atom stereocenters. The number of aromatic nitrogens is 1. The molecular formula is C14H15ClN2O3. The lowest BCUT2D eigenvalue weighted by Gasteiger charge is -2.17. The van der Waals surface area contributed by atoms with Crippen molar-refractivity contribution >= 4 is 17.3 Å². The summed E-state index contributed by atoms with van der Waals surface area (Å²) in [6, 6.07) is 4.96. The highest BCUT2D eigenvalue weighted by Crippen LogP contribution is 2.41. The van der Waals surface area contributed by atoms with E-state index in [-0.39, 0.29) is 5.02 Å². The Kier molecular flexibility index (Phi) is 4.32. The van der Waals surface area contributed by atoms with Crippen LogP contribution in [0.3, 0.4) is 0 Å². The van der Waals surface area contributed by atoms with Crippen LogP contribution < -0.4 is 15.2 Å². The average Bonchev–Trinajstić information content (AvgIpc) is 2.46. The van der Waals surface area contributed by atoms with Crippen molar-refractivity contribution < 1.29 is 14.6 Å². The van der Waals surface area contributed by atoms with E-state index in [1.165, 1.54) is 20.4 Å². The fraction of sp³-hybridized carbons (Fsp3) is 0.214. The van der Waals surface area contributed by atoms with Crippen molar-refractivity contribution in [1.82, 2.24) is 4.98 Å². The van der Waals surface area contributed by atoms with Gasteiger partial charge in [0.05, 0.1) is 19.2 Å². The van der Waals surface area contributed by atoms with Crippen LogP contribution in [0.5, 0.6) is 11.5 Å². The number of anilines is 1. The molecule has 0 radical (unpaired) electrons. The van der Waals surface area contributed by atoms with Gasteiger partial charge in [-0.05, 0) is 12.1 Å². The molecule has 6 heteroatoms. The SMILES string of the molecule is COc1ccc(C(O)c2cnccc2N)c(Cl)c1OC. The largest absolute Gasteiger partial charge is 0.493 e. The van der Waals surface area contributed by atoms with Gasteiger partial charge >= 0.3 is 0 Å². The third-order valence-corrected chi connectivity index (χ3v) is 3.38. The van der Waals surface area contributed by atoms with Gasteiger partial charge in [-0.3, -0.25) is 4.98 Å². The van der Waals surface area contributed by atoms with E-state index in [0.29, 0.717) is 28.3 Å². The summed E-state index contributed by atoms with van der Waals surface area (Å²) in [5, 5.41) is 10.7. The molecule has 3 N–H and O–H groups in total. The first-order chi connectivity index (χ1) is 9.60. The van der Waals surface area contributed by atoms with Crippen molar-refractivity contribution in [1.29, 1.82) is 0 Å². The molecule has 20 heavy (non-hydrogen) atoms. The molecule has 0 aliphatic rings. The van der Waals surface area contributed by atoms with Crippen LogP contribution in [0.25, 0.3) is 0 Å². The predicted octanol–water partition coefficient (Wildman–Crippen LogP) is 2.42. The van der Waals surface area contributed by atoms with Gasteiger partial charge in [0.25, 0.3) is 0 Å². The van der Waals surface area contributed by atoms with Gasteiger partial charge in [-0.2, -0.15) is 0 Å². The number of aliphatic hydroxyl groups is 1. The monoisotopic (exact) mass is 294 g/mol. The average molecular weight is 295 g/mol. The molecule has 1 atom stereocenters. The normalized spacial score (nSPS) is 12.0. The van der Waals surface area contributed by atoms with Crippen molar-refractivity contribution in [3.05, 3.63) is 46.7 Å². The second-order valence-corrected chi connectivity index (χ2v) is 4.49. The van der Waals surface area contributed by atoms with Crippen LogP contribution in [0, 0.1) is 0 Å². The molecule has 1 aromatic heterocycles. The summed E-state index contributed by atoms with van der Waals surface area (Å²) < 4.78 is 10.4. The molecule has 0 amide bonds. The molecule has 0 spiro atoms. The number of aliphatic hydroxyl groups excluding tert-OH is 1. The second kappa shape index (κ2) is 5.98. The molecule has 0 saturated heterocycles. The number of rotatable bonds is 4. The summed E-state index contributed by atoms with van der Waals surface area (Å²) in [5.74, 6) is 0.862. The van der Waals surface area contributed by atoms with Gasteiger partial charge in [-0.1, -0.05) is 17.7 Å². The third kappa shape index (κ3) is 2.50. The molecule has 5 nitrogen and oxygen atoms in total. The Hall–Kier alpha value is -1.98. The molecule has 1 heterocycles. The topological polar surface area (TPSA) is 77.6 Å². The van der Waals surface area contributed by atoms with Crippen LogP contribution in [0.15, 0.2) is 30.6 Å². The molecule has 0 fully saturated rings. The van der Waals surface area contributed by atoms with Crippen LogP contribution in [0.1, 0.15) is 17.2 Å². The summed E-state index contributed by atoms with van der Waals surface area (Å²) in [4.78, 5) is 3.96. The standard InChI is InChI=1S/C14H15ClN2O3/c1-19-11-4-3-8(12(15)14(11)20-2)13(18)9-7-17-6-5-10(9)16/h3-7,13,18H,1-2H3,(H2,16,17). The van der Waals surface area contributed by atoms with E-state index < -0.39 is 6.10 Å². The number of pyridine rings is 1. The van der Waals surface area contributed by atoms with E-state index in [1.54, 1.807) is 24.4 Å². The quantitative estimate of drug-likeness (QED) is 0.905. The number of nitrogen functional groups attached to an aromatic ring is 1. The highest BCUT2D eigenvalue weighted by atomic mass is 35.5. The van der Waals surface area contributed by atoms with Crippen LogP contribution >= 0.6 is 11.6 Å². The van der Waals surface area contributed by atoms with Crippen LogP contribution in [0.2, 0.25) is 5.02 Å². The van der Waals surface area contributed by atoms with Crippen LogP contribution in [-0.2, 0) is 0 Å². The summed E-state index contributed by atoms with van der Waals surface area (Å²) in [7, 11) is 3.00. The maximum Gasteiger partial charge on any atom is 0.179 e. The molecule has 2 rings (SSSR count). The molecular weight excluding hydrogens is 280 g/mol. The first-order valence-corrected chi connectivity index (χ1v) is 6.25.